The number of carbonyl (C=O) groups excluding carboxylic acids is 4. The van der Waals surface area contributed by atoms with Crippen molar-refractivity contribution >= 4 is 23.8 Å². The number of fused-ring (bicyclic) bond motifs is 1. The number of hydrogen-bond donors (Lipinski definition) is 1. The molecule has 0 bridgehead atoms. The molecule has 4 fully saturated rings. The lowest BCUT2D eigenvalue weighted by atomic mass is 9.87. The summed E-state index contributed by atoms with van der Waals surface area (Å²) in [5.41, 5.74) is -0.466. The Morgan fingerprint density at radius 1 is 1.03 bits per heavy atom. The van der Waals surface area contributed by atoms with Gasteiger partial charge in [-0.15, -0.1) is 0 Å². The second-order valence-electron chi connectivity index (χ2n) is 8.88. The van der Waals surface area contributed by atoms with Crippen LogP contribution in [0.5, 0.6) is 0 Å². The van der Waals surface area contributed by atoms with E-state index in [2.05, 4.69) is 5.32 Å². The van der Waals surface area contributed by atoms with Gasteiger partial charge in [-0.05, 0) is 30.7 Å². The van der Waals surface area contributed by atoms with E-state index in [-0.39, 0.29) is 23.8 Å². The van der Waals surface area contributed by atoms with E-state index in [1.165, 1.54) is 0 Å². The van der Waals surface area contributed by atoms with E-state index in [0.717, 1.165) is 17.7 Å². The van der Waals surface area contributed by atoms with Gasteiger partial charge in [0.1, 0.15) is 12.1 Å². The molecule has 1 atom stereocenters. The van der Waals surface area contributed by atoms with Crippen LogP contribution < -0.4 is 5.32 Å². The van der Waals surface area contributed by atoms with Crippen LogP contribution in [-0.4, -0.2) is 71.2 Å². The predicted octanol–water partition coefficient (Wildman–Crippen LogP) is 0.925. The molecule has 8 nitrogen and oxygen atoms in total. The van der Waals surface area contributed by atoms with E-state index in [1.54, 1.807) is 4.90 Å². The monoisotopic (exact) mass is 410 g/mol. The fourth-order valence-corrected chi connectivity index (χ4v) is 4.89. The lowest BCUT2D eigenvalue weighted by molar-refractivity contribution is -0.143. The molecule has 1 N–H and O–H groups in total. The number of benzene rings is 1. The number of nitrogens with zero attached hydrogens (tertiary/aromatic N) is 3. The Morgan fingerprint density at radius 3 is 2.20 bits per heavy atom. The van der Waals surface area contributed by atoms with Crippen molar-refractivity contribution in [1.29, 1.82) is 0 Å². The minimum atomic E-state index is -1.13. The smallest absolute Gasteiger partial charge is 0.325 e. The van der Waals surface area contributed by atoms with Crippen molar-refractivity contribution in [2.24, 2.45) is 11.3 Å². The number of hydrogen-bond acceptors (Lipinski definition) is 4. The van der Waals surface area contributed by atoms with Gasteiger partial charge in [0.25, 0.3) is 5.91 Å². The highest BCUT2D eigenvalue weighted by molar-refractivity contribution is 6.09. The standard InChI is InChI=1S/C22H26N4O4/c1-2-22(15-6-4-3-5-7-15)19(29)26(20(30)23-22)14-17(27)24-8-10-25(11-9-24)18(28)21-12-16(21)13-21/h3-7,16H,2,8-14H2,1H3,(H,23,30). The van der Waals surface area contributed by atoms with Gasteiger partial charge in [-0.25, -0.2) is 4.79 Å². The summed E-state index contributed by atoms with van der Waals surface area (Å²) in [6.07, 6.45) is 2.45. The predicted molar refractivity (Wildman–Crippen MR) is 107 cm³/mol. The summed E-state index contributed by atoms with van der Waals surface area (Å²) in [5.74, 6) is 0.188. The average molecular weight is 410 g/mol. The van der Waals surface area contributed by atoms with E-state index in [4.69, 9.17) is 0 Å². The molecule has 2 heterocycles. The van der Waals surface area contributed by atoms with Gasteiger partial charge >= 0.3 is 6.03 Å². The van der Waals surface area contributed by atoms with Crippen molar-refractivity contribution < 1.29 is 19.2 Å². The second-order valence-corrected chi connectivity index (χ2v) is 8.88. The quantitative estimate of drug-likeness (QED) is 0.731. The summed E-state index contributed by atoms with van der Waals surface area (Å²) >= 11 is 0. The van der Waals surface area contributed by atoms with E-state index in [1.807, 2.05) is 42.2 Å². The van der Waals surface area contributed by atoms with Gasteiger partial charge in [-0.1, -0.05) is 37.3 Å². The highest BCUT2D eigenvalue weighted by Gasteiger charge is 2.75. The summed E-state index contributed by atoms with van der Waals surface area (Å²) in [7, 11) is 0. The fraction of sp³-hybridized carbons (Fsp3) is 0.545. The van der Waals surface area contributed by atoms with E-state index in [0.29, 0.717) is 44.1 Å². The fourth-order valence-electron chi connectivity index (χ4n) is 4.89. The maximum Gasteiger partial charge on any atom is 0.325 e. The molecule has 1 aromatic rings. The molecule has 1 unspecified atom stereocenters. The van der Waals surface area contributed by atoms with Crippen LogP contribution in [0.15, 0.2) is 30.3 Å². The van der Waals surface area contributed by atoms with Gasteiger partial charge < -0.3 is 15.1 Å². The van der Waals surface area contributed by atoms with Gasteiger partial charge in [-0.3, -0.25) is 19.3 Å². The zero-order valence-corrected chi connectivity index (χ0v) is 17.1. The molecule has 0 aromatic heterocycles. The SMILES string of the molecule is CCC1(c2ccccc2)NC(=O)N(CC(=O)N2CCN(C(=O)C34CC3C4)CC2)C1=O. The van der Waals surface area contributed by atoms with Crippen molar-refractivity contribution in [2.75, 3.05) is 32.7 Å². The number of urea groups is 1. The van der Waals surface area contributed by atoms with Crippen LogP contribution in [-0.2, 0) is 19.9 Å². The molecular formula is C22H26N4O4. The number of rotatable bonds is 5. The van der Waals surface area contributed by atoms with Crippen LogP contribution >= 0.6 is 0 Å². The zero-order chi connectivity index (χ0) is 21.1. The Balaban J connectivity index is 1.22. The molecule has 8 heteroatoms. The number of piperazine rings is 1. The number of amides is 5. The second kappa shape index (κ2) is 6.55. The maximum absolute atomic E-state index is 13.2. The van der Waals surface area contributed by atoms with Crippen LogP contribution in [0.2, 0.25) is 0 Å². The lowest BCUT2D eigenvalue weighted by Crippen LogP contribution is -2.54. The van der Waals surface area contributed by atoms with Crippen LogP contribution in [0.1, 0.15) is 31.7 Å². The molecule has 4 aliphatic rings. The van der Waals surface area contributed by atoms with Crippen LogP contribution in [0.25, 0.3) is 0 Å². The Bertz CT molecular complexity index is 918. The first-order valence-electron chi connectivity index (χ1n) is 10.7. The highest BCUT2D eigenvalue weighted by Crippen LogP contribution is 2.75. The van der Waals surface area contributed by atoms with Gasteiger partial charge in [0.15, 0.2) is 0 Å². The summed E-state index contributed by atoms with van der Waals surface area (Å²) in [6, 6.07) is 8.59. The highest BCUT2D eigenvalue weighted by atomic mass is 16.2. The summed E-state index contributed by atoms with van der Waals surface area (Å²) in [4.78, 5) is 55.6. The molecule has 2 aliphatic carbocycles. The molecule has 0 spiro atoms. The summed E-state index contributed by atoms with van der Waals surface area (Å²) in [6.45, 7) is 3.47. The molecular weight excluding hydrogens is 384 g/mol. The topological polar surface area (TPSA) is 90.0 Å². The first-order chi connectivity index (χ1) is 14.4. The van der Waals surface area contributed by atoms with Crippen molar-refractivity contribution in [3.8, 4) is 0 Å². The third kappa shape index (κ3) is 2.73. The molecule has 1 aromatic carbocycles. The summed E-state index contributed by atoms with van der Waals surface area (Å²) in [5, 5.41) is 2.81. The number of carbonyl (C=O) groups is 4. The van der Waals surface area contributed by atoms with Crippen molar-refractivity contribution in [3.63, 3.8) is 0 Å². The zero-order valence-electron chi connectivity index (χ0n) is 17.1. The Hall–Kier alpha value is -2.90. The van der Waals surface area contributed by atoms with E-state index < -0.39 is 17.5 Å². The Labute approximate surface area is 175 Å². The normalized spacial score (nSPS) is 32.0. The maximum atomic E-state index is 13.2. The molecule has 158 valence electrons. The van der Waals surface area contributed by atoms with Gasteiger partial charge in [0.2, 0.25) is 11.8 Å². The minimum absolute atomic E-state index is 0.0485. The first kappa shape index (κ1) is 19.1. The van der Waals surface area contributed by atoms with Crippen molar-refractivity contribution in [1.82, 2.24) is 20.0 Å². The van der Waals surface area contributed by atoms with E-state index in [9.17, 15) is 19.2 Å². The van der Waals surface area contributed by atoms with Crippen LogP contribution in [0.3, 0.4) is 0 Å². The molecule has 5 rings (SSSR count). The average Bonchev–Trinajstić information content (AvgIpc) is 3.64. The van der Waals surface area contributed by atoms with Crippen molar-refractivity contribution in [2.45, 2.75) is 31.7 Å². The van der Waals surface area contributed by atoms with E-state index >= 15 is 0 Å². The van der Waals surface area contributed by atoms with Gasteiger partial charge in [-0.2, -0.15) is 0 Å². The molecule has 30 heavy (non-hydrogen) atoms. The summed E-state index contributed by atoms with van der Waals surface area (Å²) < 4.78 is 0. The lowest BCUT2D eigenvalue weighted by Gasteiger charge is -2.36. The molecule has 0 radical (unpaired) electrons. The number of imide groups is 1. The third-order valence-corrected chi connectivity index (χ3v) is 7.29. The molecule has 5 amide bonds. The largest absolute Gasteiger partial charge is 0.339 e. The molecule has 2 aliphatic heterocycles. The molecule has 2 saturated carbocycles. The van der Waals surface area contributed by atoms with Crippen LogP contribution in [0, 0.1) is 11.3 Å². The first-order valence-corrected chi connectivity index (χ1v) is 10.7. The number of nitrogens with one attached hydrogen (secondary N) is 1. The van der Waals surface area contributed by atoms with Gasteiger partial charge in [0, 0.05) is 26.2 Å². The van der Waals surface area contributed by atoms with Crippen LogP contribution in [0.4, 0.5) is 4.79 Å². The Morgan fingerprint density at radius 2 is 1.63 bits per heavy atom. The third-order valence-electron chi connectivity index (χ3n) is 7.29. The Kier molecular flexibility index (Phi) is 4.17. The van der Waals surface area contributed by atoms with Crippen molar-refractivity contribution in [3.05, 3.63) is 35.9 Å². The minimum Gasteiger partial charge on any atom is -0.339 e. The van der Waals surface area contributed by atoms with Gasteiger partial charge in [0.05, 0.1) is 5.41 Å². The molecule has 2 saturated heterocycles.